The Balaban J connectivity index is 1.84. The highest BCUT2D eigenvalue weighted by Crippen LogP contribution is 2.29. The van der Waals surface area contributed by atoms with E-state index >= 15 is 0 Å². The van der Waals surface area contributed by atoms with Gasteiger partial charge in [-0.1, -0.05) is 24.0 Å². The molecule has 0 unspecified atom stereocenters. The van der Waals surface area contributed by atoms with E-state index in [9.17, 15) is 4.79 Å². The summed E-state index contributed by atoms with van der Waals surface area (Å²) >= 11 is 7.75. The molecule has 0 spiro atoms. The van der Waals surface area contributed by atoms with Crippen LogP contribution in [0, 0.1) is 0 Å². The third-order valence-electron chi connectivity index (χ3n) is 2.78. The maximum absolute atomic E-state index is 11.6. The van der Waals surface area contributed by atoms with Crippen LogP contribution >= 0.6 is 35.3 Å². The van der Waals surface area contributed by atoms with Crippen LogP contribution in [-0.2, 0) is 4.79 Å². The van der Waals surface area contributed by atoms with E-state index < -0.39 is 0 Å². The number of hydrogen-bond donors (Lipinski definition) is 1. The zero-order valence-corrected chi connectivity index (χ0v) is 13.4. The fourth-order valence-corrected chi connectivity index (χ4v) is 3.59. The minimum atomic E-state index is -0.163. The number of thiocarbonyl (C=S) groups is 1. The highest BCUT2D eigenvalue weighted by molar-refractivity contribution is 8.26. The van der Waals surface area contributed by atoms with Gasteiger partial charge >= 0.3 is 0 Å². The molecular weight excluding hydrogens is 324 g/mol. The number of nitrogens with zero attached hydrogens (tertiary/aromatic N) is 1. The molecule has 1 aliphatic rings. The number of thioether (sulfide) groups is 1. The first-order chi connectivity index (χ1) is 10.2. The van der Waals surface area contributed by atoms with Gasteiger partial charge in [-0.25, -0.2) is 4.98 Å². The minimum absolute atomic E-state index is 0.163. The monoisotopic (exact) mass is 334 g/mol. The molecule has 1 amide bonds. The van der Waals surface area contributed by atoms with Crippen molar-refractivity contribution in [1.29, 1.82) is 0 Å². The fraction of sp³-hybridized carbons (Fsp3) is 0.0714. The molecule has 7 heteroatoms. The third kappa shape index (κ3) is 3.15. The van der Waals surface area contributed by atoms with Crippen molar-refractivity contribution in [3.05, 3.63) is 40.2 Å². The molecular formula is C14H10N2O2S3. The number of benzene rings is 1. The lowest BCUT2D eigenvalue weighted by molar-refractivity contribution is -0.115. The predicted octanol–water partition coefficient (Wildman–Crippen LogP) is 3.31. The van der Waals surface area contributed by atoms with E-state index in [4.69, 9.17) is 17.0 Å². The quantitative estimate of drug-likeness (QED) is 0.689. The molecule has 1 aromatic heterocycles. The maximum Gasteiger partial charge on any atom is 0.263 e. The van der Waals surface area contributed by atoms with Crippen LogP contribution in [0.3, 0.4) is 0 Å². The molecule has 0 bridgehead atoms. The Morgan fingerprint density at radius 1 is 1.33 bits per heavy atom. The Hall–Kier alpha value is -1.70. The summed E-state index contributed by atoms with van der Waals surface area (Å²) in [7, 11) is 1.64. The zero-order valence-electron chi connectivity index (χ0n) is 11.0. The van der Waals surface area contributed by atoms with Crippen LogP contribution in [0.15, 0.2) is 34.6 Å². The number of nitrogens with one attached hydrogen (secondary N) is 1. The number of carbonyl (C=O) groups excluding carboxylic acids is 1. The number of ether oxygens (including phenoxy) is 1. The maximum atomic E-state index is 11.6. The first-order valence-electron chi connectivity index (χ1n) is 6.00. The van der Waals surface area contributed by atoms with Crippen LogP contribution in [0.1, 0.15) is 5.69 Å². The molecule has 1 aliphatic heterocycles. The summed E-state index contributed by atoms with van der Waals surface area (Å²) in [6.45, 7) is 0. The highest BCUT2D eigenvalue weighted by atomic mass is 32.2. The molecule has 4 nitrogen and oxygen atoms in total. The van der Waals surface area contributed by atoms with Crippen molar-refractivity contribution < 1.29 is 9.53 Å². The van der Waals surface area contributed by atoms with E-state index in [0.717, 1.165) is 22.0 Å². The Labute approximate surface area is 135 Å². The van der Waals surface area contributed by atoms with E-state index in [1.165, 1.54) is 23.1 Å². The number of methoxy groups -OCH3 is 1. The van der Waals surface area contributed by atoms with Crippen molar-refractivity contribution in [3.63, 3.8) is 0 Å². The van der Waals surface area contributed by atoms with Gasteiger partial charge in [0.1, 0.15) is 15.1 Å². The van der Waals surface area contributed by atoms with E-state index in [0.29, 0.717) is 9.23 Å². The summed E-state index contributed by atoms with van der Waals surface area (Å²) in [5.74, 6) is 0.647. The lowest BCUT2D eigenvalue weighted by atomic mass is 10.2. The van der Waals surface area contributed by atoms with Crippen LogP contribution in [0.25, 0.3) is 16.6 Å². The molecule has 3 rings (SSSR count). The van der Waals surface area contributed by atoms with Crippen LogP contribution in [0.2, 0.25) is 0 Å². The van der Waals surface area contributed by atoms with Gasteiger partial charge in [0.25, 0.3) is 5.91 Å². The second-order valence-electron chi connectivity index (χ2n) is 4.16. The van der Waals surface area contributed by atoms with Crippen molar-refractivity contribution in [3.8, 4) is 16.3 Å². The Morgan fingerprint density at radius 2 is 2.10 bits per heavy atom. The van der Waals surface area contributed by atoms with Gasteiger partial charge in [0, 0.05) is 10.9 Å². The summed E-state index contributed by atoms with van der Waals surface area (Å²) in [6, 6.07) is 7.71. The van der Waals surface area contributed by atoms with Crippen LogP contribution in [0.5, 0.6) is 5.75 Å². The molecule has 0 radical (unpaired) electrons. The summed E-state index contributed by atoms with van der Waals surface area (Å²) in [5, 5.41) is 5.40. The second-order valence-corrected chi connectivity index (χ2v) is 6.74. The van der Waals surface area contributed by atoms with Gasteiger partial charge in [-0.05, 0) is 30.3 Å². The van der Waals surface area contributed by atoms with Crippen LogP contribution in [0.4, 0.5) is 0 Å². The van der Waals surface area contributed by atoms with E-state index in [-0.39, 0.29) is 5.91 Å². The summed E-state index contributed by atoms with van der Waals surface area (Å²) in [6.07, 6.45) is 1.75. The first kappa shape index (κ1) is 14.2. The highest BCUT2D eigenvalue weighted by Gasteiger charge is 2.22. The largest absolute Gasteiger partial charge is 0.497 e. The molecule has 0 saturated carbocycles. The molecule has 106 valence electrons. The molecule has 2 aromatic rings. The lowest BCUT2D eigenvalue weighted by Crippen LogP contribution is -2.17. The van der Waals surface area contributed by atoms with Crippen LogP contribution < -0.4 is 10.1 Å². The molecule has 1 aromatic carbocycles. The summed E-state index contributed by atoms with van der Waals surface area (Å²) in [4.78, 5) is 16.7. The molecule has 2 heterocycles. The van der Waals surface area contributed by atoms with Gasteiger partial charge in [-0.3, -0.25) is 4.79 Å². The van der Waals surface area contributed by atoms with Crippen molar-refractivity contribution in [2.24, 2.45) is 0 Å². The Bertz CT molecular complexity index is 735. The molecule has 0 atom stereocenters. The zero-order chi connectivity index (χ0) is 14.8. The van der Waals surface area contributed by atoms with Crippen molar-refractivity contribution in [2.75, 3.05) is 7.11 Å². The van der Waals surface area contributed by atoms with Crippen LogP contribution in [-0.4, -0.2) is 22.3 Å². The average Bonchev–Trinajstić information content (AvgIpc) is 3.07. The first-order valence-corrected chi connectivity index (χ1v) is 8.11. The van der Waals surface area contributed by atoms with Gasteiger partial charge in [0.15, 0.2) is 0 Å². The molecule has 1 N–H and O–H groups in total. The normalized spacial score (nSPS) is 16.3. The van der Waals surface area contributed by atoms with Gasteiger partial charge in [0.05, 0.1) is 17.7 Å². The van der Waals surface area contributed by atoms with E-state index in [1.807, 2.05) is 29.6 Å². The van der Waals surface area contributed by atoms with Gasteiger partial charge in [0.2, 0.25) is 0 Å². The second kappa shape index (κ2) is 5.97. The topological polar surface area (TPSA) is 51.2 Å². The number of hydrogen-bond acceptors (Lipinski definition) is 6. The molecule has 21 heavy (non-hydrogen) atoms. The molecule has 1 fully saturated rings. The van der Waals surface area contributed by atoms with Gasteiger partial charge in [-0.2, -0.15) is 0 Å². The van der Waals surface area contributed by atoms with Gasteiger partial charge < -0.3 is 10.1 Å². The number of amides is 1. The van der Waals surface area contributed by atoms with Crippen molar-refractivity contribution in [2.45, 2.75) is 0 Å². The van der Waals surface area contributed by atoms with E-state index in [1.54, 1.807) is 13.2 Å². The number of thiazole rings is 1. The smallest absolute Gasteiger partial charge is 0.263 e. The van der Waals surface area contributed by atoms with Crippen molar-refractivity contribution in [1.82, 2.24) is 10.3 Å². The number of aromatic nitrogens is 1. The SMILES string of the molecule is COc1ccc(-c2nc(/C=C3/SC(=S)NC3=O)cs2)cc1. The predicted molar refractivity (Wildman–Crippen MR) is 90.4 cm³/mol. The van der Waals surface area contributed by atoms with E-state index in [2.05, 4.69) is 10.3 Å². The molecule has 1 saturated heterocycles. The lowest BCUT2D eigenvalue weighted by Gasteiger charge is -2.00. The summed E-state index contributed by atoms with van der Waals surface area (Å²) < 4.78 is 5.62. The van der Waals surface area contributed by atoms with Crippen molar-refractivity contribution >= 4 is 51.6 Å². The summed E-state index contributed by atoms with van der Waals surface area (Å²) in [5.41, 5.74) is 1.78. The number of rotatable bonds is 3. The Morgan fingerprint density at radius 3 is 2.71 bits per heavy atom. The minimum Gasteiger partial charge on any atom is -0.497 e. The standard InChI is InChI=1S/C14H10N2O2S3/c1-18-10-4-2-8(3-5-10)13-15-9(7-20-13)6-11-12(17)16-14(19)21-11/h2-7H,1H3,(H,16,17,19)/b11-6+. The third-order valence-corrected chi connectivity index (χ3v) is 4.85. The fourth-order valence-electron chi connectivity index (χ4n) is 1.77. The number of carbonyl (C=O) groups is 1. The average molecular weight is 334 g/mol. The Kier molecular flexibility index (Phi) is 4.05. The van der Waals surface area contributed by atoms with Gasteiger partial charge in [-0.15, -0.1) is 11.3 Å². The molecule has 0 aliphatic carbocycles.